The molecule has 13 nitrogen and oxygen atoms in total. The van der Waals surface area contributed by atoms with E-state index in [9.17, 15) is 22.8 Å². The lowest BCUT2D eigenvalue weighted by Crippen LogP contribution is -2.57. The largest absolute Gasteiger partial charge is 0.459 e. The average molecular weight is 644 g/mol. The van der Waals surface area contributed by atoms with Crippen LogP contribution in [0.25, 0.3) is 11.0 Å². The van der Waals surface area contributed by atoms with Gasteiger partial charge in [-0.15, -0.1) is 0 Å². The van der Waals surface area contributed by atoms with Gasteiger partial charge in [0.25, 0.3) is 11.9 Å². The molecule has 3 amide bonds. The fourth-order valence-electron chi connectivity index (χ4n) is 6.36. The second-order valence-corrected chi connectivity index (χ2v) is 14.9. The zero-order valence-corrected chi connectivity index (χ0v) is 27.5. The van der Waals surface area contributed by atoms with Gasteiger partial charge in [-0.2, -0.15) is 17.7 Å². The van der Waals surface area contributed by atoms with Crippen LogP contribution in [0, 0.1) is 11.8 Å². The molecule has 3 aliphatic rings. The first-order valence-corrected chi connectivity index (χ1v) is 17.2. The summed E-state index contributed by atoms with van der Waals surface area (Å²) in [5.41, 5.74) is 6.72. The number of nitrogens with one attached hydrogen (secondary N) is 2. The summed E-state index contributed by atoms with van der Waals surface area (Å²) in [6.45, 7) is 6.06. The molecule has 2 aromatic rings. The van der Waals surface area contributed by atoms with E-state index in [1.165, 1.54) is 14.1 Å². The maximum Gasteiger partial charge on any atom is 0.303 e. The first-order valence-electron chi connectivity index (χ1n) is 15.7. The molecular weight excluding hydrogens is 598 g/mol. The van der Waals surface area contributed by atoms with Gasteiger partial charge in [-0.1, -0.05) is 38.0 Å². The van der Waals surface area contributed by atoms with E-state index in [0.29, 0.717) is 23.6 Å². The van der Waals surface area contributed by atoms with E-state index in [1.54, 1.807) is 11.0 Å². The molecule has 0 bridgehead atoms. The number of hydrogen-bond acceptors (Lipinski definition) is 8. The number of carbonyl (C=O) groups excluding carboxylic acids is 3. The fourth-order valence-corrected chi connectivity index (χ4v) is 6.96. The summed E-state index contributed by atoms with van der Waals surface area (Å²) in [5, 5.41) is 2.88. The van der Waals surface area contributed by atoms with Gasteiger partial charge in [0.15, 0.2) is 0 Å². The number of para-hydroxylation sites is 1. The highest BCUT2D eigenvalue weighted by Gasteiger charge is 2.61. The quantitative estimate of drug-likeness (QED) is 0.319. The minimum absolute atomic E-state index is 0.000264. The van der Waals surface area contributed by atoms with Crippen LogP contribution in [0.3, 0.4) is 0 Å². The number of nitrogens with zero attached hydrogens (tertiary/aromatic N) is 4. The number of nitrogen functional groups attached to an aromatic ring is 1. The van der Waals surface area contributed by atoms with Crippen molar-refractivity contribution in [2.75, 3.05) is 26.4 Å². The van der Waals surface area contributed by atoms with Crippen LogP contribution in [0.1, 0.15) is 71.8 Å². The van der Waals surface area contributed by atoms with Crippen LogP contribution in [-0.2, 0) is 24.6 Å². The van der Waals surface area contributed by atoms with Gasteiger partial charge in [-0.25, -0.2) is 4.72 Å². The van der Waals surface area contributed by atoms with E-state index in [0.717, 1.165) is 35.5 Å². The highest BCUT2D eigenvalue weighted by molar-refractivity contribution is 7.87. The molecule has 4 N–H and O–H groups in total. The van der Waals surface area contributed by atoms with Crippen LogP contribution >= 0.6 is 0 Å². The Morgan fingerprint density at radius 2 is 1.98 bits per heavy atom. The molecule has 3 heterocycles. The van der Waals surface area contributed by atoms with Gasteiger partial charge in [0, 0.05) is 38.4 Å². The second kappa shape index (κ2) is 12.6. The molecule has 1 aromatic carbocycles. The Bertz CT molecular complexity index is 1600. The summed E-state index contributed by atoms with van der Waals surface area (Å²) in [7, 11) is -1.45. The van der Waals surface area contributed by atoms with Gasteiger partial charge in [0.05, 0.1) is 17.7 Å². The minimum Gasteiger partial charge on any atom is -0.459 e. The van der Waals surface area contributed by atoms with E-state index in [-0.39, 0.29) is 43.2 Å². The lowest BCUT2D eigenvalue weighted by atomic mass is 10.0. The molecular formula is C31H45N7O6S. The third kappa shape index (κ3) is 6.53. The van der Waals surface area contributed by atoms with Gasteiger partial charge in [0.2, 0.25) is 11.8 Å². The molecule has 2 fully saturated rings. The number of hydrogen-bond donors (Lipinski definition) is 3. The van der Waals surface area contributed by atoms with Gasteiger partial charge in [0.1, 0.15) is 23.2 Å². The number of aromatic nitrogens is 2. The number of fused-ring (bicyclic) bond motifs is 3. The summed E-state index contributed by atoms with van der Waals surface area (Å²) >= 11 is 0. The Morgan fingerprint density at radius 1 is 1.22 bits per heavy atom. The Labute approximate surface area is 264 Å². The Morgan fingerprint density at radius 3 is 2.69 bits per heavy atom. The molecule has 5 atom stereocenters. The van der Waals surface area contributed by atoms with Crippen LogP contribution < -0.4 is 20.5 Å². The van der Waals surface area contributed by atoms with E-state index < -0.39 is 39.7 Å². The minimum atomic E-state index is -4.09. The third-order valence-corrected chi connectivity index (χ3v) is 10.5. The number of nitrogens with two attached hydrogens (primary N) is 1. The standard InChI is InChI=1S/C31H45N7O6S/c1-19(2)38-24-15-11-14-23(32)26(24)33-30(38)44-22-16-25-27(39)34-31(29(41)35-45(42,43)36(4)5)17-21(31)13-10-8-6-7-9-12-20(3)28(40)37(25)18-22/h10-11,13-15,19-22,25H,6-9,12,16-18,32H2,1-5H3,(H,34,39)(H,35,41)/b13-10-/t20-,21+,22+,25-,31+/m0/s1. The molecule has 45 heavy (non-hydrogen) atoms. The molecule has 14 heteroatoms. The van der Waals surface area contributed by atoms with Crippen LogP contribution in [0.4, 0.5) is 5.69 Å². The first kappa shape index (κ1) is 32.7. The number of carbonyl (C=O) groups is 3. The topological polar surface area (TPSA) is 169 Å². The van der Waals surface area contributed by atoms with Crippen molar-refractivity contribution in [3.05, 3.63) is 30.4 Å². The number of imidazole rings is 1. The van der Waals surface area contributed by atoms with Crippen molar-refractivity contribution < 1.29 is 27.5 Å². The van der Waals surface area contributed by atoms with E-state index in [1.807, 2.05) is 49.6 Å². The normalized spacial score (nSPS) is 28.6. The summed E-state index contributed by atoms with van der Waals surface area (Å²) < 4.78 is 36.5. The second-order valence-electron chi connectivity index (χ2n) is 13.0. The highest BCUT2D eigenvalue weighted by atomic mass is 32.2. The molecule has 0 unspecified atom stereocenters. The van der Waals surface area contributed by atoms with Crippen LogP contribution in [-0.4, -0.2) is 83.2 Å². The molecule has 1 aliphatic carbocycles. The zero-order valence-electron chi connectivity index (χ0n) is 26.7. The van der Waals surface area contributed by atoms with E-state index >= 15 is 0 Å². The molecule has 246 valence electrons. The van der Waals surface area contributed by atoms with Crippen LogP contribution in [0.15, 0.2) is 30.4 Å². The summed E-state index contributed by atoms with van der Waals surface area (Å²) in [4.78, 5) is 47.5. The molecule has 1 saturated heterocycles. The Balaban J connectivity index is 1.45. The van der Waals surface area contributed by atoms with Gasteiger partial charge in [-0.3, -0.25) is 19.0 Å². The molecule has 0 spiro atoms. The van der Waals surface area contributed by atoms with Crippen molar-refractivity contribution in [3.63, 3.8) is 0 Å². The summed E-state index contributed by atoms with van der Waals surface area (Å²) in [6, 6.07) is 4.98. The maximum absolute atomic E-state index is 14.0. The number of ether oxygens (including phenoxy) is 1. The van der Waals surface area contributed by atoms with Gasteiger partial charge >= 0.3 is 10.2 Å². The lowest BCUT2D eigenvalue weighted by Gasteiger charge is -2.28. The number of allylic oxidation sites excluding steroid dienone is 1. The number of benzene rings is 1. The Hall–Kier alpha value is -3.65. The monoisotopic (exact) mass is 643 g/mol. The predicted octanol–water partition coefficient (Wildman–Crippen LogP) is 2.50. The van der Waals surface area contributed by atoms with Crippen molar-refractivity contribution in [3.8, 4) is 6.01 Å². The molecule has 2 aliphatic heterocycles. The lowest BCUT2D eigenvalue weighted by molar-refractivity contribution is -0.142. The summed E-state index contributed by atoms with van der Waals surface area (Å²) in [6.07, 6.45) is 7.98. The van der Waals surface area contributed by atoms with Crippen molar-refractivity contribution in [1.82, 2.24) is 28.8 Å². The smallest absolute Gasteiger partial charge is 0.303 e. The SMILES string of the molecule is CC(C)n1c(O[C@@H]2C[C@H]3C(=O)N[C@]4(C(=O)NS(=O)(=O)N(C)C)C[C@H]4/C=C\CCCCC[C@H](C)C(=O)N3C2)nc2c(N)cccc21. The van der Waals surface area contributed by atoms with E-state index in [2.05, 4.69) is 15.0 Å². The third-order valence-electron chi connectivity index (χ3n) is 9.12. The average Bonchev–Trinajstić information content (AvgIpc) is 3.30. The molecule has 0 radical (unpaired) electrons. The number of rotatable bonds is 6. The van der Waals surface area contributed by atoms with Crippen molar-refractivity contribution in [2.24, 2.45) is 11.8 Å². The zero-order chi connectivity index (χ0) is 32.7. The molecule has 1 saturated carbocycles. The van der Waals surface area contributed by atoms with Crippen molar-refractivity contribution in [1.29, 1.82) is 0 Å². The van der Waals surface area contributed by atoms with Crippen LogP contribution in [0.2, 0.25) is 0 Å². The molecule has 1 aromatic heterocycles. The number of anilines is 1. The van der Waals surface area contributed by atoms with Crippen LogP contribution in [0.5, 0.6) is 6.01 Å². The molecule has 5 rings (SSSR count). The highest BCUT2D eigenvalue weighted by Crippen LogP contribution is 2.46. The predicted molar refractivity (Wildman–Crippen MR) is 170 cm³/mol. The first-order chi connectivity index (χ1) is 21.2. The van der Waals surface area contributed by atoms with Crippen molar-refractivity contribution >= 4 is 44.7 Å². The van der Waals surface area contributed by atoms with Crippen molar-refractivity contribution in [2.45, 2.75) is 89.4 Å². The fraction of sp³-hybridized carbons (Fsp3) is 0.613. The van der Waals surface area contributed by atoms with Gasteiger partial charge < -0.3 is 20.7 Å². The summed E-state index contributed by atoms with van der Waals surface area (Å²) in [5.74, 6) is -2.17. The Kier molecular flexibility index (Phi) is 9.18. The van der Waals surface area contributed by atoms with Gasteiger partial charge in [-0.05, 0) is 51.7 Å². The number of amides is 3. The van der Waals surface area contributed by atoms with E-state index in [4.69, 9.17) is 10.5 Å². The maximum atomic E-state index is 14.0.